The van der Waals surface area contributed by atoms with Crippen molar-refractivity contribution in [2.75, 3.05) is 0 Å². The predicted molar refractivity (Wildman–Crippen MR) is 129 cm³/mol. The third-order valence-corrected chi connectivity index (χ3v) is 6.78. The van der Waals surface area contributed by atoms with Crippen LogP contribution in [0, 0.1) is 16.7 Å². The number of aliphatic hydroxyl groups is 1. The van der Waals surface area contributed by atoms with E-state index in [0.29, 0.717) is 6.42 Å². The largest absolute Gasteiger partial charge is 0.511 e. The molecule has 0 aromatic heterocycles. The summed E-state index contributed by atoms with van der Waals surface area (Å²) < 4.78 is 0. The summed E-state index contributed by atoms with van der Waals surface area (Å²) in [5.41, 5.74) is -3.27. The van der Waals surface area contributed by atoms with Gasteiger partial charge in [-0.25, -0.2) is 0 Å². The zero-order valence-electron chi connectivity index (χ0n) is 21.3. The molecule has 1 aliphatic carbocycles. The summed E-state index contributed by atoms with van der Waals surface area (Å²) >= 11 is 0. The Morgan fingerprint density at radius 2 is 1.53 bits per heavy atom. The highest BCUT2D eigenvalue weighted by atomic mass is 16.3. The lowest BCUT2D eigenvalue weighted by molar-refractivity contribution is -0.144. The quantitative estimate of drug-likeness (QED) is 0.205. The second-order valence-corrected chi connectivity index (χ2v) is 10.8. The van der Waals surface area contributed by atoms with Crippen LogP contribution in [-0.4, -0.2) is 37.8 Å². The van der Waals surface area contributed by atoms with Gasteiger partial charge in [0.15, 0.2) is 17.3 Å². The van der Waals surface area contributed by atoms with E-state index in [2.05, 4.69) is 0 Å². The van der Waals surface area contributed by atoms with Crippen LogP contribution in [0.25, 0.3) is 0 Å². The van der Waals surface area contributed by atoms with Crippen molar-refractivity contribution in [1.29, 1.82) is 0 Å². The Bertz CT molecular complexity index is 1030. The molecule has 1 atom stereocenters. The highest BCUT2D eigenvalue weighted by Gasteiger charge is 2.55. The number of aliphatic hydroxyl groups excluding tert-OH is 1. The van der Waals surface area contributed by atoms with E-state index in [1.165, 1.54) is 27.7 Å². The number of allylic oxidation sites excluding steroid dienone is 2. The fourth-order valence-electron chi connectivity index (χ4n) is 4.88. The van der Waals surface area contributed by atoms with Crippen LogP contribution >= 0.6 is 0 Å². The van der Waals surface area contributed by atoms with Gasteiger partial charge in [0.1, 0.15) is 28.6 Å². The first-order valence-corrected chi connectivity index (χ1v) is 11.9. The van der Waals surface area contributed by atoms with Gasteiger partial charge in [0.2, 0.25) is 0 Å². The van der Waals surface area contributed by atoms with E-state index < -0.39 is 57.1 Å². The van der Waals surface area contributed by atoms with Crippen LogP contribution in [0.5, 0.6) is 17.2 Å². The molecule has 0 heterocycles. The number of aromatic hydroxyl groups is 3. The predicted octanol–water partition coefficient (Wildman–Crippen LogP) is 5.71. The molecule has 4 N–H and O–H groups in total. The van der Waals surface area contributed by atoms with Crippen molar-refractivity contribution in [1.82, 2.24) is 0 Å². The van der Waals surface area contributed by atoms with Crippen LogP contribution in [0.4, 0.5) is 0 Å². The molecule has 2 rings (SSSR count). The lowest BCUT2D eigenvalue weighted by Gasteiger charge is -2.41. The zero-order valence-corrected chi connectivity index (χ0v) is 21.3. The molecule has 0 bridgehead atoms. The standard InChI is InChI=1S/C27H38O7/c1-8-9-10-11-16(28)21-18(30)13-17(29)19(22(21)31)15(12-14(2)3)20-23(32)26(4,5)25(34)27(6,7)24(20)33/h13-15,29-32H,8-12H2,1-7H3/t15-/m1/s1. The summed E-state index contributed by atoms with van der Waals surface area (Å²) in [4.78, 5) is 39.3. The molecule has 0 fully saturated rings. The maximum absolute atomic E-state index is 13.5. The summed E-state index contributed by atoms with van der Waals surface area (Å²) in [6.07, 6.45) is 2.62. The van der Waals surface area contributed by atoms with Crippen LogP contribution in [-0.2, 0) is 9.59 Å². The number of phenolic OH excluding ortho intramolecular Hbond substituents is 3. The molecule has 0 aliphatic heterocycles. The molecule has 34 heavy (non-hydrogen) atoms. The van der Waals surface area contributed by atoms with Gasteiger partial charge < -0.3 is 20.4 Å². The summed E-state index contributed by atoms with van der Waals surface area (Å²) in [5, 5.41) is 43.4. The minimum atomic E-state index is -1.43. The van der Waals surface area contributed by atoms with E-state index in [9.17, 15) is 34.8 Å². The molecule has 0 amide bonds. The zero-order chi connectivity index (χ0) is 26.2. The van der Waals surface area contributed by atoms with Gasteiger partial charge in [-0.15, -0.1) is 0 Å². The molecule has 0 saturated heterocycles. The molecule has 1 aromatic rings. The van der Waals surface area contributed by atoms with Crippen LogP contribution in [0.15, 0.2) is 17.4 Å². The molecule has 0 saturated carbocycles. The van der Waals surface area contributed by atoms with E-state index in [-0.39, 0.29) is 35.5 Å². The monoisotopic (exact) mass is 474 g/mol. The van der Waals surface area contributed by atoms with Gasteiger partial charge in [-0.2, -0.15) is 0 Å². The number of unbranched alkanes of at least 4 members (excludes halogenated alkanes) is 2. The Morgan fingerprint density at radius 1 is 0.941 bits per heavy atom. The number of benzene rings is 1. The topological polar surface area (TPSA) is 132 Å². The highest BCUT2D eigenvalue weighted by molar-refractivity contribution is 6.19. The molecular formula is C27H38O7. The first-order valence-electron chi connectivity index (χ1n) is 11.9. The smallest absolute Gasteiger partial charge is 0.175 e. The summed E-state index contributed by atoms with van der Waals surface area (Å²) in [6, 6.07) is 0.988. The summed E-state index contributed by atoms with van der Waals surface area (Å²) in [7, 11) is 0. The first-order chi connectivity index (χ1) is 15.6. The minimum absolute atomic E-state index is 0.0433. The second-order valence-electron chi connectivity index (χ2n) is 10.8. The van der Waals surface area contributed by atoms with Crippen molar-refractivity contribution < 1.29 is 34.8 Å². The van der Waals surface area contributed by atoms with Gasteiger partial charge in [0, 0.05) is 29.5 Å². The summed E-state index contributed by atoms with van der Waals surface area (Å²) in [5.74, 6) is -4.60. The number of carbonyl (C=O) groups excluding carboxylic acids is 3. The maximum atomic E-state index is 13.5. The molecule has 0 spiro atoms. The molecule has 7 nitrogen and oxygen atoms in total. The Morgan fingerprint density at radius 3 is 2.06 bits per heavy atom. The average molecular weight is 475 g/mol. The van der Waals surface area contributed by atoms with Gasteiger partial charge in [-0.3, -0.25) is 14.4 Å². The molecular weight excluding hydrogens is 436 g/mol. The first kappa shape index (κ1) is 27.4. The Hall–Kier alpha value is -2.83. The van der Waals surface area contributed by atoms with E-state index in [0.717, 1.165) is 18.9 Å². The molecule has 1 aliphatic rings. The van der Waals surface area contributed by atoms with Crippen LogP contribution in [0.1, 0.15) is 102 Å². The van der Waals surface area contributed by atoms with E-state index >= 15 is 0 Å². The van der Waals surface area contributed by atoms with Crippen molar-refractivity contribution in [3.8, 4) is 17.2 Å². The fourth-order valence-corrected chi connectivity index (χ4v) is 4.88. The van der Waals surface area contributed by atoms with Crippen LogP contribution in [0.3, 0.4) is 0 Å². The number of rotatable bonds is 9. The normalized spacial score (nSPS) is 18.5. The molecule has 0 radical (unpaired) electrons. The van der Waals surface area contributed by atoms with Crippen molar-refractivity contribution in [2.45, 2.75) is 86.5 Å². The van der Waals surface area contributed by atoms with E-state index in [1.54, 1.807) is 0 Å². The Labute approximate surface area is 201 Å². The van der Waals surface area contributed by atoms with Crippen LogP contribution in [0.2, 0.25) is 0 Å². The lowest BCUT2D eigenvalue weighted by atomic mass is 9.60. The highest BCUT2D eigenvalue weighted by Crippen LogP contribution is 2.52. The molecule has 1 aromatic carbocycles. The number of hydrogen-bond acceptors (Lipinski definition) is 7. The van der Waals surface area contributed by atoms with Gasteiger partial charge in [0.05, 0.1) is 10.8 Å². The number of hydrogen-bond donors (Lipinski definition) is 4. The Kier molecular flexibility index (Phi) is 7.91. The van der Waals surface area contributed by atoms with Crippen molar-refractivity contribution >= 4 is 17.3 Å². The maximum Gasteiger partial charge on any atom is 0.175 e. The molecule has 7 heteroatoms. The third kappa shape index (κ3) is 4.70. The van der Waals surface area contributed by atoms with Crippen molar-refractivity contribution in [3.05, 3.63) is 28.5 Å². The molecule has 188 valence electrons. The lowest BCUT2D eigenvalue weighted by Crippen LogP contribution is -2.49. The number of carbonyl (C=O) groups is 3. The second kappa shape index (κ2) is 9.80. The van der Waals surface area contributed by atoms with Gasteiger partial charge >= 0.3 is 0 Å². The summed E-state index contributed by atoms with van der Waals surface area (Å²) in [6.45, 7) is 11.8. The van der Waals surface area contributed by atoms with Gasteiger partial charge in [0.25, 0.3) is 0 Å². The third-order valence-electron chi connectivity index (χ3n) is 6.78. The SMILES string of the molecule is CCCCCC(=O)c1c(O)cc(O)c([C@@H](CC(C)C)C2=C(O)C(C)(C)C(=O)C(C)(C)C2=O)c1O. The van der Waals surface area contributed by atoms with Gasteiger partial charge in [-0.05, 0) is 46.5 Å². The van der Waals surface area contributed by atoms with Gasteiger partial charge in [-0.1, -0.05) is 33.6 Å². The van der Waals surface area contributed by atoms with Crippen molar-refractivity contribution in [2.24, 2.45) is 16.7 Å². The fraction of sp³-hybridized carbons (Fsp3) is 0.593. The minimum Gasteiger partial charge on any atom is -0.511 e. The van der Waals surface area contributed by atoms with Crippen molar-refractivity contribution in [3.63, 3.8) is 0 Å². The number of phenols is 3. The van der Waals surface area contributed by atoms with E-state index in [4.69, 9.17) is 0 Å². The average Bonchev–Trinajstić information content (AvgIpc) is 2.71. The van der Waals surface area contributed by atoms with Crippen LogP contribution < -0.4 is 0 Å². The number of Topliss-reactive ketones (excluding diaryl/α,β-unsaturated/α-hetero) is 3. The number of ketones is 3. The van der Waals surface area contributed by atoms with E-state index in [1.807, 2.05) is 20.8 Å². The Balaban J connectivity index is 2.82. The molecule has 0 unspecified atom stereocenters.